The van der Waals surface area contributed by atoms with E-state index in [0.29, 0.717) is 21.2 Å². The van der Waals surface area contributed by atoms with E-state index in [9.17, 15) is 9.90 Å². The van der Waals surface area contributed by atoms with Crippen LogP contribution in [0.5, 0.6) is 5.88 Å². The van der Waals surface area contributed by atoms with Crippen molar-refractivity contribution in [3.8, 4) is 11.0 Å². The van der Waals surface area contributed by atoms with Crippen LogP contribution in [0.3, 0.4) is 0 Å². The molecule has 0 spiro atoms. The highest BCUT2D eigenvalue weighted by Crippen LogP contribution is 2.33. The first-order valence-electron chi connectivity index (χ1n) is 9.76. The average Bonchev–Trinajstić information content (AvgIpc) is 3.39. The van der Waals surface area contributed by atoms with Crippen LogP contribution in [0.25, 0.3) is 15.9 Å². The number of nitrogens with one attached hydrogen (secondary N) is 2. The van der Waals surface area contributed by atoms with Crippen molar-refractivity contribution in [3.63, 3.8) is 0 Å². The van der Waals surface area contributed by atoms with Gasteiger partial charge in [-0.3, -0.25) is 14.3 Å². The first-order chi connectivity index (χ1) is 15.1. The third kappa shape index (κ3) is 3.83. The second kappa shape index (κ2) is 8.18. The van der Waals surface area contributed by atoms with Crippen LogP contribution in [0, 0.1) is 0 Å². The van der Waals surface area contributed by atoms with Gasteiger partial charge in [0, 0.05) is 59.7 Å². The number of rotatable bonds is 4. The quantitative estimate of drug-likeness (QED) is 0.437. The molecule has 3 aromatic heterocycles. The molecule has 0 atom stereocenters. The lowest BCUT2D eigenvalue weighted by Gasteiger charge is -2.30. The molecular weight excluding hydrogens is 436 g/mol. The van der Waals surface area contributed by atoms with Gasteiger partial charge >= 0.3 is 0 Å². The van der Waals surface area contributed by atoms with E-state index in [1.807, 2.05) is 6.07 Å². The van der Waals surface area contributed by atoms with Crippen molar-refractivity contribution in [2.24, 2.45) is 0 Å². The summed E-state index contributed by atoms with van der Waals surface area (Å²) in [4.78, 5) is 23.7. The number of halogens is 1. The molecule has 8 nitrogen and oxygen atoms in total. The SMILES string of the molecule is O=C(Nc1cnccc1N1CCNCC1)c1csc(-n2cc3cc(Cl)ccc3c2O)n1. The molecule has 31 heavy (non-hydrogen) atoms. The van der Waals surface area contributed by atoms with Gasteiger partial charge < -0.3 is 20.6 Å². The summed E-state index contributed by atoms with van der Waals surface area (Å²) in [5.74, 6) is -0.271. The highest BCUT2D eigenvalue weighted by atomic mass is 35.5. The molecule has 10 heteroatoms. The second-order valence-electron chi connectivity index (χ2n) is 7.15. The van der Waals surface area contributed by atoms with Gasteiger partial charge in [0.1, 0.15) is 5.69 Å². The van der Waals surface area contributed by atoms with Crippen molar-refractivity contribution in [3.05, 3.63) is 59.0 Å². The lowest BCUT2D eigenvalue weighted by atomic mass is 10.2. The largest absolute Gasteiger partial charge is 0.494 e. The maximum Gasteiger partial charge on any atom is 0.275 e. The van der Waals surface area contributed by atoms with E-state index < -0.39 is 0 Å². The maximum atomic E-state index is 12.9. The summed E-state index contributed by atoms with van der Waals surface area (Å²) < 4.78 is 1.55. The number of hydrogen-bond donors (Lipinski definition) is 3. The number of aromatic hydroxyl groups is 1. The zero-order valence-electron chi connectivity index (χ0n) is 16.4. The minimum absolute atomic E-state index is 0.0567. The summed E-state index contributed by atoms with van der Waals surface area (Å²) in [6, 6.07) is 7.15. The van der Waals surface area contributed by atoms with Gasteiger partial charge in [-0.05, 0) is 24.3 Å². The highest BCUT2D eigenvalue weighted by Gasteiger charge is 2.19. The van der Waals surface area contributed by atoms with Crippen LogP contribution in [-0.2, 0) is 0 Å². The van der Waals surface area contributed by atoms with Crippen LogP contribution in [0.2, 0.25) is 5.02 Å². The molecule has 0 bridgehead atoms. The van der Waals surface area contributed by atoms with Gasteiger partial charge in [0.25, 0.3) is 5.91 Å². The number of hydrogen-bond acceptors (Lipinski definition) is 7. The summed E-state index contributed by atoms with van der Waals surface area (Å²) in [7, 11) is 0. The molecular formula is C21H19ClN6O2S. The van der Waals surface area contributed by atoms with Crippen molar-refractivity contribution in [1.82, 2.24) is 19.9 Å². The first kappa shape index (κ1) is 19.8. The van der Waals surface area contributed by atoms with Crippen LogP contribution in [-0.4, -0.2) is 51.7 Å². The Hall–Kier alpha value is -3.14. The Morgan fingerprint density at radius 3 is 2.94 bits per heavy atom. The standard InChI is InChI=1S/C21H19ClN6O2S/c22-14-1-2-15-13(9-14)11-28(20(15)30)21-26-17(12-31-21)19(29)25-16-10-24-4-3-18(16)27-7-5-23-6-8-27/h1-4,9-12,23,30H,5-8H2,(H,25,29). The van der Waals surface area contributed by atoms with Gasteiger partial charge in [0.15, 0.2) is 5.13 Å². The van der Waals surface area contributed by atoms with Crippen molar-refractivity contribution in [1.29, 1.82) is 0 Å². The van der Waals surface area contributed by atoms with E-state index >= 15 is 0 Å². The molecule has 5 rings (SSSR count). The van der Waals surface area contributed by atoms with Gasteiger partial charge in [-0.2, -0.15) is 0 Å². The van der Waals surface area contributed by atoms with E-state index in [-0.39, 0.29) is 17.5 Å². The molecule has 0 aliphatic carbocycles. The smallest absolute Gasteiger partial charge is 0.275 e. The molecule has 1 saturated heterocycles. The first-order valence-corrected chi connectivity index (χ1v) is 11.0. The Morgan fingerprint density at radius 1 is 1.26 bits per heavy atom. The van der Waals surface area contributed by atoms with Crippen molar-refractivity contribution in [2.75, 3.05) is 36.4 Å². The number of carbonyl (C=O) groups excluding carboxylic acids is 1. The van der Waals surface area contributed by atoms with E-state index in [1.165, 1.54) is 11.3 Å². The van der Waals surface area contributed by atoms with Crippen LogP contribution in [0.1, 0.15) is 10.5 Å². The number of fused-ring (bicyclic) bond motifs is 1. The fraction of sp³-hybridized carbons (Fsp3) is 0.190. The van der Waals surface area contributed by atoms with Crippen molar-refractivity contribution < 1.29 is 9.90 Å². The van der Waals surface area contributed by atoms with Gasteiger partial charge in [-0.1, -0.05) is 11.6 Å². The molecule has 3 N–H and O–H groups in total. The third-order valence-electron chi connectivity index (χ3n) is 5.19. The molecule has 158 valence electrons. The van der Waals surface area contributed by atoms with Gasteiger partial charge in [-0.15, -0.1) is 11.3 Å². The average molecular weight is 455 g/mol. The van der Waals surface area contributed by atoms with E-state index in [0.717, 1.165) is 37.3 Å². The summed E-state index contributed by atoms with van der Waals surface area (Å²) in [5.41, 5.74) is 1.85. The molecule has 0 saturated carbocycles. The fourth-order valence-electron chi connectivity index (χ4n) is 3.65. The molecule has 0 radical (unpaired) electrons. The monoisotopic (exact) mass is 454 g/mol. The summed E-state index contributed by atoms with van der Waals surface area (Å²) in [5, 5.41) is 21.0. The lowest BCUT2D eigenvalue weighted by Crippen LogP contribution is -2.43. The topological polar surface area (TPSA) is 95.3 Å². The van der Waals surface area contributed by atoms with Crippen LogP contribution >= 0.6 is 22.9 Å². The number of benzene rings is 1. The maximum absolute atomic E-state index is 12.9. The normalized spacial score (nSPS) is 14.2. The highest BCUT2D eigenvalue weighted by molar-refractivity contribution is 7.12. The molecule has 1 aromatic carbocycles. The number of pyridine rings is 1. The molecule has 0 unspecified atom stereocenters. The minimum Gasteiger partial charge on any atom is -0.494 e. The zero-order chi connectivity index (χ0) is 21.4. The number of thiazole rings is 1. The Bertz CT molecular complexity index is 1260. The van der Waals surface area contributed by atoms with E-state index in [2.05, 4.69) is 25.5 Å². The fourth-order valence-corrected chi connectivity index (χ4v) is 4.61. The van der Waals surface area contributed by atoms with Gasteiger partial charge in [0.2, 0.25) is 5.88 Å². The molecule has 1 aliphatic heterocycles. The number of nitrogens with zero attached hydrogens (tertiary/aromatic N) is 4. The van der Waals surface area contributed by atoms with Crippen LogP contribution in [0.4, 0.5) is 11.4 Å². The van der Waals surface area contributed by atoms with Crippen LogP contribution < -0.4 is 15.5 Å². The summed E-state index contributed by atoms with van der Waals surface area (Å²) >= 11 is 7.32. The predicted molar refractivity (Wildman–Crippen MR) is 123 cm³/mol. The Morgan fingerprint density at radius 2 is 2.10 bits per heavy atom. The lowest BCUT2D eigenvalue weighted by molar-refractivity contribution is 0.102. The number of aromatic nitrogens is 3. The predicted octanol–water partition coefficient (Wildman–Crippen LogP) is 3.50. The number of carbonyl (C=O) groups is 1. The van der Waals surface area contributed by atoms with E-state index in [4.69, 9.17) is 11.6 Å². The van der Waals surface area contributed by atoms with Crippen molar-refractivity contribution in [2.45, 2.75) is 0 Å². The van der Waals surface area contributed by atoms with Gasteiger partial charge in [-0.25, -0.2) is 4.98 Å². The third-order valence-corrected chi connectivity index (χ3v) is 6.26. The van der Waals surface area contributed by atoms with Crippen LogP contribution in [0.15, 0.2) is 48.2 Å². The zero-order valence-corrected chi connectivity index (χ0v) is 18.0. The minimum atomic E-state index is -0.328. The summed E-state index contributed by atoms with van der Waals surface area (Å²) in [6.45, 7) is 3.51. The molecule has 4 heterocycles. The Labute approximate surface area is 187 Å². The number of piperazine rings is 1. The summed E-state index contributed by atoms with van der Waals surface area (Å²) in [6.07, 6.45) is 5.12. The molecule has 1 aliphatic rings. The Kier molecular flexibility index (Phi) is 5.23. The number of anilines is 2. The molecule has 1 fully saturated rings. The van der Waals surface area contributed by atoms with Gasteiger partial charge in [0.05, 0.1) is 17.6 Å². The number of amides is 1. The Balaban J connectivity index is 1.40. The van der Waals surface area contributed by atoms with Crippen molar-refractivity contribution >= 4 is 51.0 Å². The molecule has 1 amide bonds. The second-order valence-corrected chi connectivity index (χ2v) is 8.43. The van der Waals surface area contributed by atoms with E-state index in [1.54, 1.807) is 46.7 Å². The molecule has 4 aromatic rings.